The molecule has 9 aromatic rings. The minimum atomic E-state index is -0.00877. The number of fused-ring (bicyclic) bond motifs is 9. The van der Waals surface area contributed by atoms with Crippen molar-refractivity contribution in [1.82, 2.24) is 9.13 Å². The van der Waals surface area contributed by atoms with Gasteiger partial charge in [-0.05, 0) is 80.0 Å². The fourth-order valence-electron chi connectivity index (χ4n) is 9.31. The van der Waals surface area contributed by atoms with Crippen LogP contribution in [-0.4, -0.2) is 15.8 Å². The maximum absolute atomic E-state index is 2.66. The van der Waals surface area contributed by atoms with Crippen molar-refractivity contribution in [3.63, 3.8) is 0 Å². The van der Waals surface area contributed by atoms with Crippen LogP contribution in [0, 0.1) is 0 Å². The summed E-state index contributed by atoms with van der Waals surface area (Å²) in [7, 11) is 0. The van der Waals surface area contributed by atoms with E-state index in [9.17, 15) is 0 Å². The normalized spacial score (nSPS) is 13.1. The molecular weight excluding hydrogens is 603 g/mol. The molecule has 0 unspecified atom stereocenters. The van der Waals surface area contributed by atoms with Gasteiger partial charge in [-0.15, -0.1) is 0 Å². The molecule has 50 heavy (non-hydrogen) atoms. The Morgan fingerprint density at radius 2 is 1.18 bits per heavy atom. The lowest BCUT2D eigenvalue weighted by atomic mass is 9.33. The molecule has 0 amide bonds. The average Bonchev–Trinajstić information content (AvgIpc) is 3.69. The Labute approximate surface area is 292 Å². The number of hydrogen-bond donors (Lipinski definition) is 0. The summed E-state index contributed by atoms with van der Waals surface area (Å²) in [5.41, 5.74) is 17.2. The van der Waals surface area contributed by atoms with E-state index in [0.717, 1.165) is 6.42 Å². The molecule has 0 bridgehead atoms. The van der Waals surface area contributed by atoms with Crippen LogP contribution in [0.2, 0.25) is 0 Å². The van der Waals surface area contributed by atoms with Gasteiger partial charge in [0.15, 0.2) is 0 Å². The quantitative estimate of drug-likeness (QED) is 0.170. The smallest absolute Gasteiger partial charge is 0.253 e. The van der Waals surface area contributed by atoms with Gasteiger partial charge >= 0.3 is 0 Å². The Balaban J connectivity index is 1.44. The SMILES string of the molecule is CCC(C)(C)c1cc2c3c(c1)-n1c4ccccc4c4cccc(c41)B3c1c3ccccc3cc3c(-c4ccccc4)c(-c4ccccc4)n-2c13. The van der Waals surface area contributed by atoms with Crippen molar-refractivity contribution in [2.45, 2.75) is 32.6 Å². The summed E-state index contributed by atoms with van der Waals surface area (Å²) in [6.07, 6.45) is 1.05. The summed E-state index contributed by atoms with van der Waals surface area (Å²) in [5, 5.41) is 6.58. The highest BCUT2D eigenvalue weighted by atomic mass is 15.0. The van der Waals surface area contributed by atoms with Crippen molar-refractivity contribution in [2.24, 2.45) is 0 Å². The summed E-state index contributed by atoms with van der Waals surface area (Å²) in [5.74, 6) is 0. The molecule has 0 saturated heterocycles. The second kappa shape index (κ2) is 9.89. The lowest BCUT2D eigenvalue weighted by Gasteiger charge is -2.36. The Morgan fingerprint density at radius 3 is 1.94 bits per heavy atom. The van der Waals surface area contributed by atoms with E-state index in [1.807, 2.05) is 0 Å². The second-order valence-corrected chi connectivity index (χ2v) is 14.9. The van der Waals surface area contributed by atoms with E-state index in [4.69, 9.17) is 0 Å². The number of benzene rings is 7. The van der Waals surface area contributed by atoms with Crippen LogP contribution in [0.5, 0.6) is 0 Å². The van der Waals surface area contributed by atoms with Gasteiger partial charge in [0.2, 0.25) is 0 Å². The third-order valence-electron chi connectivity index (χ3n) is 12.0. The maximum Gasteiger partial charge on any atom is 0.253 e. The predicted molar refractivity (Wildman–Crippen MR) is 214 cm³/mol. The van der Waals surface area contributed by atoms with Crippen LogP contribution < -0.4 is 16.4 Å². The van der Waals surface area contributed by atoms with Gasteiger partial charge in [-0.1, -0.05) is 142 Å². The molecule has 2 aromatic heterocycles. The van der Waals surface area contributed by atoms with Crippen LogP contribution in [0.3, 0.4) is 0 Å². The monoisotopic (exact) mass is 638 g/mol. The molecule has 0 spiro atoms. The molecule has 2 aliphatic heterocycles. The minimum absolute atomic E-state index is 0.00877. The summed E-state index contributed by atoms with van der Waals surface area (Å²) >= 11 is 0. The van der Waals surface area contributed by atoms with Crippen molar-refractivity contribution < 1.29 is 0 Å². The molecule has 0 aliphatic carbocycles. The minimum Gasteiger partial charge on any atom is -0.310 e. The van der Waals surface area contributed by atoms with E-state index in [-0.39, 0.29) is 12.1 Å². The van der Waals surface area contributed by atoms with Crippen LogP contribution in [0.1, 0.15) is 32.8 Å². The highest BCUT2D eigenvalue weighted by molar-refractivity contribution is 7.01. The van der Waals surface area contributed by atoms with Crippen LogP contribution >= 0.6 is 0 Å². The first-order chi connectivity index (χ1) is 24.5. The number of hydrogen-bond acceptors (Lipinski definition) is 0. The standard InChI is InChI=1S/C47H35BN2/c1-4-47(2,3)32-27-39-43-40(28-32)50-44(30-18-9-6-10-19-30)41(29-16-7-5-8-17-29)36-26-31-20-11-12-21-33(31)42(46(36)50)48(43)37-24-15-23-35-34-22-13-14-25-38(34)49(39)45(35)37/h5-28H,4H2,1-3H3. The summed E-state index contributed by atoms with van der Waals surface area (Å²) < 4.78 is 5.26. The number of aromatic nitrogens is 2. The van der Waals surface area contributed by atoms with Gasteiger partial charge in [-0.3, -0.25) is 0 Å². The highest BCUT2D eigenvalue weighted by Gasteiger charge is 2.43. The Bertz CT molecular complexity index is 2870. The molecule has 0 atom stereocenters. The molecule has 0 N–H and O–H groups in total. The van der Waals surface area contributed by atoms with Crippen LogP contribution in [0.25, 0.3) is 77.2 Å². The van der Waals surface area contributed by atoms with Crippen molar-refractivity contribution in [1.29, 1.82) is 0 Å². The molecular formula is C47H35BN2. The van der Waals surface area contributed by atoms with E-state index >= 15 is 0 Å². The van der Waals surface area contributed by atoms with Gasteiger partial charge in [-0.2, -0.15) is 0 Å². The molecule has 7 aromatic carbocycles. The first-order valence-corrected chi connectivity index (χ1v) is 18.0. The Morgan fingerprint density at radius 1 is 0.540 bits per heavy atom. The zero-order valence-corrected chi connectivity index (χ0v) is 28.5. The molecule has 11 rings (SSSR count). The predicted octanol–water partition coefficient (Wildman–Crippen LogP) is 10.0. The van der Waals surface area contributed by atoms with E-state index in [1.54, 1.807) is 0 Å². The van der Waals surface area contributed by atoms with Crippen LogP contribution in [0.15, 0.2) is 146 Å². The van der Waals surface area contributed by atoms with E-state index < -0.39 is 0 Å². The summed E-state index contributed by atoms with van der Waals surface area (Å²) in [6, 6.07) is 54.8. The maximum atomic E-state index is 2.66. The molecule has 3 heteroatoms. The topological polar surface area (TPSA) is 9.86 Å². The fourth-order valence-corrected chi connectivity index (χ4v) is 9.31. The van der Waals surface area contributed by atoms with Gasteiger partial charge < -0.3 is 9.13 Å². The van der Waals surface area contributed by atoms with Crippen LogP contribution in [-0.2, 0) is 5.41 Å². The fraction of sp³-hybridized carbons (Fsp3) is 0.106. The van der Waals surface area contributed by atoms with Crippen LogP contribution in [0.4, 0.5) is 0 Å². The third kappa shape index (κ3) is 3.49. The average molecular weight is 639 g/mol. The summed E-state index contributed by atoms with van der Waals surface area (Å²) in [4.78, 5) is 0. The Hall–Kier alpha value is -5.80. The van der Waals surface area contributed by atoms with Crippen molar-refractivity contribution in [3.8, 4) is 33.8 Å². The lowest BCUT2D eigenvalue weighted by Crippen LogP contribution is -2.59. The number of nitrogens with zero attached hydrogens (tertiary/aromatic N) is 2. The largest absolute Gasteiger partial charge is 0.310 e. The highest BCUT2D eigenvalue weighted by Crippen LogP contribution is 2.47. The van der Waals surface area contributed by atoms with Crippen molar-refractivity contribution in [3.05, 3.63) is 151 Å². The molecule has 2 nitrogen and oxygen atoms in total. The van der Waals surface area contributed by atoms with Gasteiger partial charge in [-0.25, -0.2) is 0 Å². The molecule has 4 heterocycles. The zero-order chi connectivity index (χ0) is 33.3. The first kappa shape index (κ1) is 28.1. The van der Waals surface area contributed by atoms with Gasteiger partial charge in [0.05, 0.1) is 16.7 Å². The van der Waals surface area contributed by atoms with Gasteiger partial charge in [0.1, 0.15) is 0 Å². The van der Waals surface area contributed by atoms with Crippen molar-refractivity contribution >= 4 is 66.6 Å². The molecule has 236 valence electrons. The number of rotatable bonds is 4. The van der Waals surface area contributed by atoms with E-state index in [0.29, 0.717) is 0 Å². The summed E-state index contributed by atoms with van der Waals surface area (Å²) in [6.45, 7) is 7.22. The number of para-hydroxylation sites is 2. The van der Waals surface area contributed by atoms with E-state index in [1.165, 1.54) is 99.2 Å². The molecule has 0 saturated carbocycles. The molecule has 0 fully saturated rings. The van der Waals surface area contributed by atoms with Gasteiger partial charge in [0.25, 0.3) is 6.71 Å². The lowest BCUT2D eigenvalue weighted by molar-refractivity contribution is 0.506. The Kier molecular flexibility index (Phi) is 5.56. The van der Waals surface area contributed by atoms with E-state index in [2.05, 4.69) is 175 Å². The van der Waals surface area contributed by atoms with Gasteiger partial charge in [0, 0.05) is 38.6 Å². The molecule has 2 aliphatic rings. The second-order valence-electron chi connectivity index (χ2n) is 14.9. The first-order valence-electron chi connectivity index (χ1n) is 18.0. The zero-order valence-electron chi connectivity index (χ0n) is 28.5. The third-order valence-corrected chi connectivity index (χ3v) is 12.0. The molecule has 0 radical (unpaired) electrons. The van der Waals surface area contributed by atoms with Crippen molar-refractivity contribution in [2.75, 3.05) is 0 Å².